The van der Waals surface area contributed by atoms with E-state index in [0.29, 0.717) is 22.6 Å². The highest BCUT2D eigenvalue weighted by atomic mass is 79.9. The molecule has 0 spiro atoms. The van der Waals surface area contributed by atoms with E-state index in [1.807, 2.05) is 78.9 Å². The van der Waals surface area contributed by atoms with Crippen molar-refractivity contribution in [1.82, 2.24) is 9.38 Å². The summed E-state index contributed by atoms with van der Waals surface area (Å²) < 4.78 is 2.64. The van der Waals surface area contributed by atoms with Crippen LogP contribution in [0.25, 0.3) is 16.6 Å². The Labute approximate surface area is 199 Å². The number of aromatic nitrogens is 2. The molecule has 0 bridgehead atoms. The quantitative estimate of drug-likeness (QED) is 0.212. The molecule has 2 aromatic carbocycles. The van der Waals surface area contributed by atoms with Crippen molar-refractivity contribution in [2.45, 2.75) is 0 Å². The van der Waals surface area contributed by atoms with Crippen molar-refractivity contribution in [3.8, 4) is 11.1 Å². The molecule has 3 aromatic heterocycles. The molecule has 0 N–H and O–H groups in total. The number of hydrogen-bond acceptors (Lipinski definition) is 3. The molecule has 5 aromatic rings. The normalized spacial score (nSPS) is 10.8. The Morgan fingerprint density at radius 3 is 2.27 bits per heavy atom. The third-order valence-electron chi connectivity index (χ3n) is 5.36. The first-order chi connectivity index (χ1) is 16.1. The van der Waals surface area contributed by atoms with Gasteiger partial charge >= 0.3 is 5.91 Å². The molecule has 3 heterocycles. The maximum absolute atomic E-state index is 13.8. The lowest BCUT2D eigenvalue weighted by Gasteiger charge is -2.22. The highest BCUT2D eigenvalue weighted by Gasteiger charge is 2.30. The molecule has 0 saturated heterocycles. The number of para-hydroxylation sites is 1. The number of pyridine rings is 2. The van der Waals surface area contributed by atoms with Crippen LogP contribution < -0.4 is 4.90 Å². The number of nitrogens with zero attached hydrogens (tertiary/aromatic N) is 3. The summed E-state index contributed by atoms with van der Waals surface area (Å²) in [4.78, 5) is 33.3. The maximum Gasteiger partial charge on any atom is 0.305 e. The van der Waals surface area contributed by atoms with E-state index < -0.39 is 11.7 Å². The zero-order chi connectivity index (χ0) is 22.8. The Morgan fingerprint density at radius 2 is 1.55 bits per heavy atom. The first-order valence-electron chi connectivity index (χ1n) is 10.3. The van der Waals surface area contributed by atoms with Crippen LogP contribution in [0.4, 0.5) is 11.4 Å². The van der Waals surface area contributed by atoms with Crippen molar-refractivity contribution in [3.05, 3.63) is 120 Å². The first kappa shape index (κ1) is 20.8. The molecule has 0 aliphatic carbocycles. The lowest BCUT2D eigenvalue weighted by Crippen LogP contribution is -2.33. The van der Waals surface area contributed by atoms with E-state index in [4.69, 9.17) is 0 Å². The molecule has 0 aliphatic heterocycles. The minimum atomic E-state index is -0.641. The van der Waals surface area contributed by atoms with Crippen molar-refractivity contribution in [2.75, 3.05) is 4.90 Å². The van der Waals surface area contributed by atoms with Crippen LogP contribution in [0.1, 0.15) is 10.5 Å². The van der Waals surface area contributed by atoms with Crippen LogP contribution in [0.15, 0.2) is 114 Å². The van der Waals surface area contributed by atoms with Crippen LogP contribution in [0.3, 0.4) is 0 Å². The van der Waals surface area contributed by atoms with Gasteiger partial charge in [0.15, 0.2) is 0 Å². The van der Waals surface area contributed by atoms with Gasteiger partial charge in [-0.15, -0.1) is 0 Å². The molecule has 0 atom stereocenters. The minimum absolute atomic E-state index is 0.307. The lowest BCUT2D eigenvalue weighted by molar-refractivity contribution is -0.114. The monoisotopic (exact) mass is 495 g/mol. The lowest BCUT2D eigenvalue weighted by atomic mass is 10.0. The van der Waals surface area contributed by atoms with Gasteiger partial charge in [0.05, 0.1) is 0 Å². The molecule has 0 aliphatic rings. The standard InChI is InChI=1S/C27H18BrN3O2/c28-20-11-13-22(14-12-20)31(21-8-2-1-3-9-21)27(33)26(32)25-24(19-7-6-15-29-18-19)17-23-10-4-5-16-30(23)25/h1-18H. The van der Waals surface area contributed by atoms with Crippen LogP contribution >= 0.6 is 15.9 Å². The number of anilines is 2. The number of benzene rings is 2. The minimum Gasteiger partial charge on any atom is -0.313 e. The number of halogens is 1. The molecule has 5 nitrogen and oxygen atoms in total. The van der Waals surface area contributed by atoms with Crippen molar-refractivity contribution in [2.24, 2.45) is 0 Å². The molecule has 0 radical (unpaired) electrons. The van der Waals surface area contributed by atoms with Gasteiger partial charge in [0.25, 0.3) is 5.78 Å². The number of Topliss-reactive ketones (excluding diaryl/α,β-unsaturated/α-hetero) is 1. The van der Waals surface area contributed by atoms with E-state index in [2.05, 4.69) is 20.9 Å². The largest absolute Gasteiger partial charge is 0.313 e. The molecule has 0 fully saturated rings. The van der Waals surface area contributed by atoms with Gasteiger partial charge in [-0.3, -0.25) is 19.5 Å². The third-order valence-corrected chi connectivity index (χ3v) is 5.89. The SMILES string of the molecule is O=C(C(=O)N(c1ccccc1)c1ccc(Br)cc1)c1c(-c2cccnc2)cc2ccccn12. The van der Waals surface area contributed by atoms with E-state index >= 15 is 0 Å². The summed E-state index contributed by atoms with van der Waals surface area (Å²) in [6.45, 7) is 0. The summed E-state index contributed by atoms with van der Waals surface area (Å²) in [5.41, 5.74) is 3.78. The molecular formula is C27H18BrN3O2. The number of carbonyl (C=O) groups excluding carboxylic acids is 2. The fourth-order valence-corrected chi connectivity index (χ4v) is 4.12. The first-order valence-corrected chi connectivity index (χ1v) is 11.1. The number of fused-ring (bicyclic) bond motifs is 1. The second kappa shape index (κ2) is 8.84. The molecule has 0 unspecified atom stereocenters. The van der Waals surface area contributed by atoms with Gasteiger partial charge in [-0.25, -0.2) is 0 Å². The predicted octanol–water partition coefficient (Wildman–Crippen LogP) is 6.31. The number of hydrogen-bond donors (Lipinski definition) is 0. The fraction of sp³-hybridized carbons (Fsp3) is 0. The molecule has 160 valence electrons. The molecule has 6 heteroatoms. The van der Waals surface area contributed by atoms with Crippen LogP contribution in [0.2, 0.25) is 0 Å². The summed E-state index contributed by atoms with van der Waals surface area (Å²) in [7, 11) is 0. The number of rotatable bonds is 5. The Morgan fingerprint density at radius 1 is 0.818 bits per heavy atom. The molecule has 5 rings (SSSR count). The highest BCUT2D eigenvalue weighted by Crippen LogP contribution is 2.31. The maximum atomic E-state index is 13.8. The zero-order valence-electron chi connectivity index (χ0n) is 17.4. The fourth-order valence-electron chi connectivity index (χ4n) is 3.85. The Kier molecular flexibility index (Phi) is 5.59. The van der Waals surface area contributed by atoms with Gasteiger partial charge in [0.1, 0.15) is 5.69 Å². The van der Waals surface area contributed by atoms with Gasteiger partial charge in [0.2, 0.25) is 0 Å². The van der Waals surface area contributed by atoms with Crippen LogP contribution in [-0.2, 0) is 4.79 Å². The average molecular weight is 496 g/mol. The Hall–Kier alpha value is -4.03. The molecule has 1 amide bonds. The van der Waals surface area contributed by atoms with E-state index in [0.717, 1.165) is 15.6 Å². The van der Waals surface area contributed by atoms with Gasteiger partial charge in [-0.1, -0.05) is 46.3 Å². The predicted molar refractivity (Wildman–Crippen MR) is 133 cm³/mol. The van der Waals surface area contributed by atoms with Crippen LogP contribution in [0.5, 0.6) is 0 Å². The summed E-state index contributed by atoms with van der Waals surface area (Å²) in [5.74, 6) is -1.25. The van der Waals surface area contributed by atoms with E-state index in [-0.39, 0.29) is 0 Å². The smallest absolute Gasteiger partial charge is 0.305 e. The second-order valence-electron chi connectivity index (χ2n) is 7.43. The van der Waals surface area contributed by atoms with Crippen molar-refractivity contribution >= 4 is 44.5 Å². The van der Waals surface area contributed by atoms with Crippen LogP contribution in [-0.4, -0.2) is 21.1 Å². The Bertz CT molecular complexity index is 1450. The number of carbonyl (C=O) groups is 2. The topological polar surface area (TPSA) is 54.7 Å². The summed E-state index contributed by atoms with van der Waals surface area (Å²) >= 11 is 3.43. The van der Waals surface area contributed by atoms with Gasteiger partial charge in [-0.05, 0) is 60.7 Å². The number of amides is 1. The third kappa shape index (κ3) is 3.97. The number of ketones is 1. The zero-order valence-corrected chi connectivity index (χ0v) is 19.0. The summed E-state index contributed by atoms with van der Waals surface area (Å²) in [6.07, 6.45) is 5.17. The van der Waals surface area contributed by atoms with Crippen molar-refractivity contribution < 1.29 is 9.59 Å². The molecule has 33 heavy (non-hydrogen) atoms. The van der Waals surface area contributed by atoms with E-state index in [1.54, 1.807) is 35.1 Å². The molecular weight excluding hydrogens is 478 g/mol. The second-order valence-corrected chi connectivity index (χ2v) is 8.34. The van der Waals surface area contributed by atoms with Gasteiger partial charge in [0, 0.05) is 51.1 Å². The highest BCUT2D eigenvalue weighted by molar-refractivity contribution is 9.10. The van der Waals surface area contributed by atoms with E-state index in [1.165, 1.54) is 4.90 Å². The van der Waals surface area contributed by atoms with E-state index in [9.17, 15) is 9.59 Å². The van der Waals surface area contributed by atoms with Gasteiger partial charge in [-0.2, -0.15) is 0 Å². The summed E-state index contributed by atoms with van der Waals surface area (Å²) in [5, 5.41) is 0. The van der Waals surface area contributed by atoms with Crippen molar-refractivity contribution in [1.29, 1.82) is 0 Å². The van der Waals surface area contributed by atoms with Crippen LogP contribution in [0, 0.1) is 0 Å². The summed E-state index contributed by atoms with van der Waals surface area (Å²) in [6, 6.07) is 27.7. The van der Waals surface area contributed by atoms with Gasteiger partial charge < -0.3 is 4.40 Å². The average Bonchev–Trinajstić information content (AvgIpc) is 3.26. The van der Waals surface area contributed by atoms with Crippen molar-refractivity contribution in [3.63, 3.8) is 0 Å². The Balaban J connectivity index is 1.67. The molecule has 0 saturated carbocycles.